The Kier molecular flexibility index (Phi) is 5.14. The van der Waals surface area contributed by atoms with Gasteiger partial charge in [0, 0.05) is 0 Å². The Bertz CT molecular complexity index is 620. The average molecular weight is 306 g/mol. The van der Waals surface area contributed by atoms with E-state index < -0.39 is 6.04 Å². The molecule has 1 atom stereocenters. The first kappa shape index (κ1) is 15.3. The van der Waals surface area contributed by atoms with E-state index in [1.807, 2.05) is 30.3 Å². The fourth-order valence-corrected chi connectivity index (χ4v) is 2.12. The summed E-state index contributed by atoms with van der Waals surface area (Å²) in [7, 11) is 0. The summed E-state index contributed by atoms with van der Waals surface area (Å²) in [5.41, 5.74) is 7.24. The molecule has 1 aromatic carbocycles. The zero-order valence-corrected chi connectivity index (χ0v) is 12.0. The van der Waals surface area contributed by atoms with Crippen molar-refractivity contribution in [2.45, 2.75) is 12.5 Å². The fourth-order valence-electron chi connectivity index (χ4n) is 1.96. The van der Waals surface area contributed by atoms with Gasteiger partial charge in [0.25, 0.3) is 5.91 Å². The molecule has 6 heteroatoms. The van der Waals surface area contributed by atoms with Crippen molar-refractivity contribution in [1.82, 2.24) is 10.3 Å². The molecule has 0 aliphatic heterocycles. The van der Waals surface area contributed by atoms with E-state index in [9.17, 15) is 9.90 Å². The molecule has 0 aliphatic carbocycles. The van der Waals surface area contributed by atoms with Crippen molar-refractivity contribution in [1.29, 1.82) is 0 Å². The van der Waals surface area contributed by atoms with Crippen LogP contribution in [0.3, 0.4) is 0 Å². The number of rotatable bonds is 5. The number of carbonyl (C=O) groups excluding carboxylic acids is 1. The number of aliphatic hydroxyl groups is 1. The van der Waals surface area contributed by atoms with Crippen LogP contribution < -0.4 is 11.1 Å². The van der Waals surface area contributed by atoms with E-state index in [1.54, 1.807) is 0 Å². The number of anilines is 1. The number of carbonyl (C=O) groups is 1. The lowest BCUT2D eigenvalue weighted by molar-refractivity contribution is 0.0917. The Morgan fingerprint density at radius 1 is 1.38 bits per heavy atom. The van der Waals surface area contributed by atoms with Crippen LogP contribution >= 0.6 is 11.6 Å². The zero-order chi connectivity index (χ0) is 15.2. The van der Waals surface area contributed by atoms with Crippen LogP contribution in [-0.4, -0.2) is 28.6 Å². The number of nitrogens with one attached hydrogen (secondary N) is 1. The minimum absolute atomic E-state index is 0.167. The van der Waals surface area contributed by atoms with E-state index in [1.165, 1.54) is 12.3 Å². The van der Waals surface area contributed by atoms with Crippen LogP contribution in [0.15, 0.2) is 42.6 Å². The highest BCUT2D eigenvalue weighted by Gasteiger charge is 2.16. The van der Waals surface area contributed by atoms with Gasteiger partial charge in [0.1, 0.15) is 5.15 Å². The van der Waals surface area contributed by atoms with Crippen molar-refractivity contribution in [2.24, 2.45) is 0 Å². The quantitative estimate of drug-likeness (QED) is 0.733. The second-order valence-corrected chi connectivity index (χ2v) is 5.02. The lowest BCUT2D eigenvalue weighted by atomic mass is 10.1. The average Bonchev–Trinajstić information content (AvgIpc) is 2.50. The highest BCUT2D eigenvalue weighted by Crippen LogP contribution is 2.15. The van der Waals surface area contributed by atoms with Crippen molar-refractivity contribution in [3.8, 4) is 0 Å². The van der Waals surface area contributed by atoms with E-state index in [4.69, 9.17) is 17.3 Å². The Hall–Kier alpha value is -2.11. The summed E-state index contributed by atoms with van der Waals surface area (Å²) >= 11 is 5.77. The third kappa shape index (κ3) is 4.18. The minimum Gasteiger partial charge on any atom is -0.397 e. The van der Waals surface area contributed by atoms with Gasteiger partial charge in [-0.3, -0.25) is 4.79 Å². The largest absolute Gasteiger partial charge is 0.397 e. The van der Waals surface area contributed by atoms with E-state index in [2.05, 4.69) is 10.3 Å². The van der Waals surface area contributed by atoms with E-state index in [0.29, 0.717) is 6.42 Å². The SMILES string of the molecule is Nc1cnc(Cl)cc1C(=O)NC(CO)Cc1ccccc1. The number of nitrogens with zero attached hydrogens (tertiary/aromatic N) is 1. The van der Waals surface area contributed by atoms with Gasteiger partial charge >= 0.3 is 0 Å². The predicted molar refractivity (Wildman–Crippen MR) is 82.1 cm³/mol. The van der Waals surface area contributed by atoms with Gasteiger partial charge < -0.3 is 16.2 Å². The molecular formula is C15H16ClN3O2. The summed E-state index contributed by atoms with van der Waals surface area (Å²) in [6, 6.07) is 10.6. The molecule has 5 nitrogen and oxygen atoms in total. The van der Waals surface area contributed by atoms with Gasteiger partial charge in [0.15, 0.2) is 0 Å². The molecule has 2 aromatic rings. The number of halogens is 1. The van der Waals surface area contributed by atoms with Crippen LogP contribution in [0.5, 0.6) is 0 Å². The predicted octanol–water partition coefficient (Wildman–Crippen LogP) is 1.65. The van der Waals surface area contributed by atoms with Crippen molar-refractivity contribution < 1.29 is 9.90 Å². The zero-order valence-electron chi connectivity index (χ0n) is 11.3. The Morgan fingerprint density at radius 3 is 2.76 bits per heavy atom. The monoisotopic (exact) mass is 305 g/mol. The molecule has 0 spiro atoms. The Labute approximate surface area is 127 Å². The molecule has 0 bridgehead atoms. The summed E-state index contributed by atoms with van der Waals surface area (Å²) in [6.07, 6.45) is 1.87. The van der Waals surface area contributed by atoms with Crippen molar-refractivity contribution in [3.63, 3.8) is 0 Å². The third-order valence-corrected chi connectivity index (χ3v) is 3.23. The maximum absolute atomic E-state index is 12.2. The molecule has 2 rings (SSSR count). The number of benzene rings is 1. The van der Waals surface area contributed by atoms with Crippen LogP contribution in [0.4, 0.5) is 5.69 Å². The molecular weight excluding hydrogens is 290 g/mol. The molecule has 0 aliphatic rings. The third-order valence-electron chi connectivity index (χ3n) is 3.03. The summed E-state index contributed by atoms with van der Waals surface area (Å²) in [6.45, 7) is -0.167. The van der Waals surface area contributed by atoms with Crippen molar-refractivity contribution >= 4 is 23.2 Å². The molecule has 21 heavy (non-hydrogen) atoms. The summed E-state index contributed by atoms with van der Waals surface area (Å²) in [5.74, 6) is -0.383. The molecule has 1 unspecified atom stereocenters. The maximum atomic E-state index is 12.2. The van der Waals surface area contributed by atoms with Gasteiger partial charge in [-0.25, -0.2) is 4.98 Å². The molecule has 1 amide bonds. The summed E-state index contributed by atoms with van der Waals surface area (Å²) in [4.78, 5) is 16.0. The van der Waals surface area contributed by atoms with E-state index in [0.717, 1.165) is 5.56 Å². The molecule has 1 heterocycles. The number of aromatic nitrogens is 1. The van der Waals surface area contributed by atoms with Crippen molar-refractivity contribution in [3.05, 3.63) is 58.9 Å². The van der Waals surface area contributed by atoms with Crippen LogP contribution in [0.1, 0.15) is 15.9 Å². The molecule has 0 radical (unpaired) electrons. The topological polar surface area (TPSA) is 88.2 Å². The van der Waals surface area contributed by atoms with Gasteiger partial charge in [-0.15, -0.1) is 0 Å². The van der Waals surface area contributed by atoms with Crippen LogP contribution in [0, 0.1) is 0 Å². The van der Waals surface area contributed by atoms with Crippen LogP contribution in [0.25, 0.3) is 0 Å². The molecule has 1 aromatic heterocycles. The number of pyridine rings is 1. The second kappa shape index (κ2) is 7.06. The van der Waals surface area contributed by atoms with Crippen LogP contribution in [-0.2, 0) is 6.42 Å². The Balaban J connectivity index is 2.07. The van der Waals surface area contributed by atoms with Crippen LogP contribution in [0.2, 0.25) is 5.15 Å². The number of nitrogens with two attached hydrogens (primary N) is 1. The van der Waals surface area contributed by atoms with Crippen molar-refractivity contribution in [2.75, 3.05) is 12.3 Å². The lowest BCUT2D eigenvalue weighted by Crippen LogP contribution is -2.39. The van der Waals surface area contributed by atoms with Gasteiger partial charge in [-0.1, -0.05) is 41.9 Å². The molecule has 0 saturated carbocycles. The highest BCUT2D eigenvalue weighted by atomic mass is 35.5. The first-order valence-electron chi connectivity index (χ1n) is 6.47. The number of nitrogen functional groups attached to an aromatic ring is 1. The summed E-state index contributed by atoms with van der Waals surface area (Å²) in [5, 5.41) is 12.4. The Morgan fingerprint density at radius 2 is 2.10 bits per heavy atom. The molecule has 4 N–H and O–H groups in total. The number of amides is 1. The minimum atomic E-state index is -0.397. The smallest absolute Gasteiger partial charge is 0.253 e. The number of hydrogen-bond acceptors (Lipinski definition) is 4. The first-order chi connectivity index (χ1) is 10.1. The first-order valence-corrected chi connectivity index (χ1v) is 6.84. The summed E-state index contributed by atoms with van der Waals surface area (Å²) < 4.78 is 0. The lowest BCUT2D eigenvalue weighted by Gasteiger charge is -2.17. The molecule has 110 valence electrons. The van der Waals surface area contributed by atoms with E-state index in [-0.39, 0.29) is 28.9 Å². The normalized spacial score (nSPS) is 11.9. The van der Waals surface area contributed by atoms with Gasteiger partial charge in [0.05, 0.1) is 30.1 Å². The highest BCUT2D eigenvalue weighted by molar-refractivity contribution is 6.29. The van der Waals surface area contributed by atoms with Gasteiger partial charge in [0.2, 0.25) is 0 Å². The second-order valence-electron chi connectivity index (χ2n) is 4.64. The van der Waals surface area contributed by atoms with E-state index >= 15 is 0 Å². The fraction of sp³-hybridized carbons (Fsp3) is 0.200. The van der Waals surface area contributed by atoms with Gasteiger partial charge in [-0.05, 0) is 18.1 Å². The number of aliphatic hydroxyl groups excluding tert-OH is 1. The maximum Gasteiger partial charge on any atom is 0.253 e. The number of hydrogen-bond donors (Lipinski definition) is 3. The molecule has 0 fully saturated rings. The molecule has 0 saturated heterocycles. The van der Waals surface area contributed by atoms with Gasteiger partial charge in [-0.2, -0.15) is 0 Å². The standard InChI is InChI=1S/C15H16ClN3O2/c16-14-7-12(13(17)8-18-14)15(21)19-11(9-20)6-10-4-2-1-3-5-10/h1-5,7-8,11,20H,6,9,17H2,(H,19,21).